The molecule has 1 N–H and O–H groups in total. The van der Waals surface area contributed by atoms with Crippen molar-refractivity contribution in [1.82, 2.24) is 19.4 Å². The van der Waals surface area contributed by atoms with Gasteiger partial charge < -0.3 is 18.9 Å². The Hall–Kier alpha value is -3.43. The predicted molar refractivity (Wildman–Crippen MR) is 137 cm³/mol. The topological polar surface area (TPSA) is 98.6 Å². The molecular formula is C26H28ClN5O4. The van der Waals surface area contributed by atoms with Crippen LogP contribution in [0.2, 0.25) is 5.02 Å². The summed E-state index contributed by atoms with van der Waals surface area (Å²) in [6, 6.07) is 6.83. The fourth-order valence-corrected chi connectivity index (χ4v) is 4.96. The number of benzene rings is 1. The van der Waals surface area contributed by atoms with Crippen LogP contribution in [0.1, 0.15) is 41.4 Å². The fourth-order valence-electron chi connectivity index (χ4n) is 4.66. The van der Waals surface area contributed by atoms with E-state index < -0.39 is 0 Å². The minimum atomic E-state index is -0.302. The summed E-state index contributed by atoms with van der Waals surface area (Å²) in [6.45, 7) is 7.66. The van der Waals surface area contributed by atoms with Gasteiger partial charge in [-0.3, -0.25) is 19.9 Å². The summed E-state index contributed by atoms with van der Waals surface area (Å²) in [6.07, 6.45) is 5.52. The second kappa shape index (κ2) is 10.3. The minimum absolute atomic E-state index is 0.0185. The molecule has 0 spiro atoms. The van der Waals surface area contributed by atoms with E-state index in [4.69, 9.17) is 26.1 Å². The van der Waals surface area contributed by atoms with Gasteiger partial charge in [-0.05, 0) is 44.4 Å². The fraction of sp³-hybridized carbons (Fsp3) is 0.385. The van der Waals surface area contributed by atoms with E-state index in [1.165, 1.54) is 6.08 Å². The van der Waals surface area contributed by atoms with Crippen LogP contribution in [0, 0.1) is 6.92 Å². The van der Waals surface area contributed by atoms with Crippen LogP contribution in [0.3, 0.4) is 0 Å². The van der Waals surface area contributed by atoms with E-state index in [2.05, 4.69) is 16.9 Å². The Bertz CT molecular complexity index is 1320. The number of ether oxygens (including phenoxy) is 2. The number of nitrogens with zero attached hydrogens (tertiary/aromatic N) is 4. The maximum Gasteiger partial charge on any atom is 0.258 e. The Morgan fingerprint density at radius 1 is 1.28 bits per heavy atom. The maximum atomic E-state index is 13.2. The van der Waals surface area contributed by atoms with E-state index >= 15 is 0 Å². The molecule has 3 aromatic rings. The molecule has 2 fully saturated rings. The smallest absolute Gasteiger partial charge is 0.258 e. The third kappa shape index (κ3) is 4.94. The number of nitrogens with one attached hydrogen (secondary N) is 1. The lowest BCUT2D eigenvalue weighted by molar-refractivity contribution is -0.126. The third-order valence-corrected chi connectivity index (χ3v) is 6.79. The molecule has 2 aromatic heterocycles. The van der Waals surface area contributed by atoms with Crippen molar-refractivity contribution in [3.05, 3.63) is 59.4 Å². The van der Waals surface area contributed by atoms with Crippen LogP contribution in [0.25, 0.3) is 11.0 Å². The Morgan fingerprint density at radius 2 is 2.11 bits per heavy atom. The summed E-state index contributed by atoms with van der Waals surface area (Å²) in [5, 5.41) is 3.43. The molecule has 1 atom stereocenters. The molecule has 36 heavy (non-hydrogen) atoms. The summed E-state index contributed by atoms with van der Waals surface area (Å²) in [5.41, 5.74) is 2.51. The van der Waals surface area contributed by atoms with Crippen molar-refractivity contribution in [1.29, 1.82) is 0 Å². The van der Waals surface area contributed by atoms with Gasteiger partial charge in [0, 0.05) is 42.7 Å². The molecule has 1 aromatic carbocycles. The lowest BCUT2D eigenvalue weighted by atomic mass is 10.1. The van der Waals surface area contributed by atoms with Gasteiger partial charge in [-0.2, -0.15) is 0 Å². The summed E-state index contributed by atoms with van der Waals surface area (Å²) in [7, 11) is 0. The first-order valence-electron chi connectivity index (χ1n) is 12.0. The number of anilines is 1. The van der Waals surface area contributed by atoms with Gasteiger partial charge in [0.05, 0.1) is 35.3 Å². The second-order valence-electron chi connectivity index (χ2n) is 9.13. The van der Waals surface area contributed by atoms with Crippen LogP contribution in [0.4, 0.5) is 5.95 Å². The van der Waals surface area contributed by atoms with Crippen molar-refractivity contribution in [3.63, 3.8) is 0 Å². The zero-order valence-electron chi connectivity index (χ0n) is 20.1. The second-order valence-corrected chi connectivity index (χ2v) is 9.54. The SMILES string of the molecule is C=CC(=O)N1CCCCC(n2c(NC(=O)c3ccnc(C)c3)nc3cc(OC4COC4)cc(Cl)c32)C1. The lowest BCUT2D eigenvalue weighted by Gasteiger charge is -2.27. The van der Waals surface area contributed by atoms with E-state index in [1.807, 2.05) is 17.6 Å². The molecule has 4 heterocycles. The van der Waals surface area contributed by atoms with Crippen LogP contribution in [-0.4, -0.2) is 63.7 Å². The zero-order valence-corrected chi connectivity index (χ0v) is 20.8. The molecule has 1 unspecified atom stereocenters. The predicted octanol–water partition coefficient (Wildman–Crippen LogP) is 4.16. The van der Waals surface area contributed by atoms with E-state index in [9.17, 15) is 9.59 Å². The number of amides is 2. The van der Waals surface area contributed by atoms with Crippen molar-refractivity contribution in [2.45, 2.75) is 38.3 Å². The van der Waals surface area contributed by atoms with Crippen molar-refractivity contribution in [2.24, 2.45) is 0 Å². The van der Waals surface area contributed by atoms with E-state index in [0.717, 1.165) is 25.0 Å². The van der Waals surface area contributed by atoms with Crippen molar-refractivity contribution in [3.8, 4) is 5.75 Å². The number of fused-ring (bicyclic) bond motifs is 1. The van der Waals surface area contributed by atoms with Gasteiger partial charge >= 0.3 is 0 Å². The number of halogens is 1. The standard InChI is InChI=1S/C26H28ClN5O4/c1-3-23(33)31-9-5-4-6-18(13-31)32-24-21(27)11-19(36-20-14-35-15-20)12-22(24)29-26(32)30-25(34)17-7-8-28-16(2)10-17/h3,7-8,10-12,18,20H,1,4-6,9,13-15H2,2H3,(H,29,30,34). The Morgan fingerprint density at radius 3 is 2.83 bits per heavy atom. The van der Waals surface area contributed by atoms with Gasteiger partial charge in [0.15, 0.2) is 0 Å². The average molecular weight is 510 g/mol. The number of hydrogen-bond acceptors (Lipinski definition) is 6. The molecule has 2 saturated heterocycles. The number of rotatable bonds is 6. The molecule has 188 valence electrons. The maximum absolute atomic E-state index is 13.2. The van der Waals surface area contributed by atoms with E-state index in [0.29, 0.717) is 59.6 Å². The summed E-state index contributed by atoms with van der Waals surface area (Å²) < 4.78 is 13.1. The van der Waals surface area contributed by atoms with Crippen LogP contribution < -0.4 is 10.1 Å². The first kappa shape index (κ1) is 24.3. The highest BCUT2D eigenvalue weighted by atomic mass is 35.5. The van der Waals surface area contributed by atoms with Crippen molar-refractivity contribution in [2.75, 3.05) is 31.6 Å². The number of imidazole rings is 1. The lowest BCUT2D eigenvalue weighted by Crippen LogP contribution is -2.38. The van der Waals surface area contributed by atoms with Gasteiger partial charge in [0.25, 0.3) is 5.91 Å². The molecule has 5 rings (SSSR count). The highest BCUT2D eigenvalue weighted by Crippen LogP contribution is 2.37. The number of aryl methyl sites for hydroxylation is 1. The summed E-state index contributed by atoms with van der Waals surface area (Å²) in [4.78, 5) is 36.4. The van der Waals surface area contributed by atoms with Crippen molar-refractivity contribution < 1.29 is 19.1 Å². The third-order valence-electron chi connectivity index (χ3n) is 6.50. The molecule has 2 amide bonds. The Labute approximate surface area is 214 Å². The molecule has 0 aliphatic carbocycles. The zero-order chi connectivity index (χ0) is 25.2. The van der Waals surface area contributed by atoms with Gasteiger partial charge in [-0.25, -0.2) is 4.98 Å². The normalized spacial score (nSPS) is 18.4. The summed E-state index contributed by atoms with van der Waals surface area (Å²) in [5.74, 6) is 0.545. The highest BCUT2D eigenvalue weighted by molar-refractivity contribution is 6.35. The van der Waals surface area contributed by atoms with Gasteiger partial charge in [-0.1, -0.05) is 18.2 Å². The number of aromatic nitrogens is 3. The molecule has 0 saturated carbocycles. The molecule has 0 bridgehead atoms. The van der Waals surface area contributed by atoms with Crippen molar-refractivity contribution >= 4 is 40.4 Å². The van der Waals surface area contributed by atoms with Gasteiger partial charge in [0.1, 0.15) is 11.9 Å². The van der Waals surface area contributed by atoms with E-state index in [-0.39, 0.29) is 24.0 Å². The van der Waals surface area contributed by atoms with E-state index in [1.54, 1.807) is 29.3 Å². The first-order chi connectivity index (χ1) is 17.4. The van der Waals surface area contributed by atoms with Gasteiger partial charge in [-0.15, -0.1) is 0 Å². The average Bonchev–Trinajstić information content (AvgIpc) is 3.02. The number of pyridine rings is 1. The molecule has 9 nitrogen and oxygen atoms in total. The molecule has 10 heteroatoms. The number of carbonyl (C=O) groups excluding carboxylic acids is 2. The monoisotopic (exact) mass is 509 g/mol. The highest BCUT2D eigenvalue weighted by Gasteiger charge is 2.28. The van der Waals surface area contributed by atoms with Crippen LogP contribution in [-0.2, 0) is 9.53 Å². The molecule has 2 aliphatic heterocycles. The van der Waals surface area contributed by atoms with Gasteiger partial charge in [0.2, 0.25) is 11.9 Å². The first-order valence-corrected chi connectivity index (χ1v) is 12.4. The summed E-state index contributed by atoms with van der Waals surface area (Å²) >= 11 is 6.80. The quantitative estimate of drug-likeness (QED) is 0.501. The molecule has 2 aliphatic rings. The Balaban J connectivity index is 1.57. The van der Waals surface area contributed by atoms with Crippen LogP contribution in [0.15, 0.2) is 43.1 Å². The number of likely N-dealkylation sites (tertiary alicyclic amines) is 1. The molecule has 0 radical (unpaired) electrons. The van der Waals surface area contributed by atoms with Crippen LogP contribution in [0.5, 0.6) is 5.75 Å². The number of hydrogen-bond donors (Lipinski definition) is 1. The minimum Gasteiger partial charge on any atom is -0.485 e. The Kier molecular flexibility index (Phi) is 6.93. The largest absolute Gasteiger partial charge is 0.485 e. The van der Waals surface area contributed by atoms with Crippen LogP contribution >= 0.6 is 11.6 Å². The number of carbonyl (C=O) groups is 2. The molecular weight excluding hydrogens is 482 g/mol.